The maximum atomic E-state index is 12.4. The molecule has 136 valence electrons. The van der Waals surface area contributed by atoms with Gasteiger partial charge in [-0.25, -0.2) is 0 Å². The Hall–Kier alpha value is -2.15. The summed E-state index contributed by atoms with van der Waals surface area (Å²) >= 11 is 1.57. The number of hydrogen-bond acceptors (Lipinski definition) is 6. The van der Waals surface area contributed by atoms with Crippen molar-refractivity contribution in [3.63, 3.8) is 0 Å². The summed E-state index contributed by atoms with van der Waals surface area (Å²) in [6.45, 7) is 3.13. The van der Waals surface area contributed by atoms with Crippen LogP contribution in [-0.4, -0.2) is 57.9 Å². The number of hydrogen-bond donors (Lipinski definition) is 0. The van der Waals surface area contributed by atoms with Crippen LogP contribution < -0.4 is 4.90 Å². The van der Waals surface area contributed by atoms with Crippen LogP contribution in [0, 0.1) is 0 Å². The highest BCUT2D eigenvalue weighted by atomic mass is 32.2. The van der Waals surface area contributed by atoms with Crippen LogP contribution >= 0.6 is 11.8 Å². The Balaban J connectivity index is 1.30. The Morgan fingerprint density at radius 1 is 1.04 bits per heavy atom. The summed E-state index contributed by atoms with van der Waals surface area (Å²) in [4.78, 5) is 21.7. The maximum absolute atomic E-state index is 12.4. The van der Waals surface area contributed by atoms with Gasteiger partial charge in [0.2, 0.25) is 5.91 Å². The number of piperazine rings is 1. The fourth-order valence-corrected chi connectivity index (χ4v) is 4.28. The van der Waals surface area contributed by atoms with Gasteiger partial charge in [0, 0.05) is 43.5 Å². The Morgan fingerprint density at radius 2 is 1.81 bits per heavy atom. The molecule has 4 rings (SSSR count). The van der Waals surface area contributed by atoms with Crippen molar-refractivity contribution in [3.8, 4) is 0 Å². The summed E-state index contributed by atoms with van der Waals surface area (Å²) in [5.74, 6) is 1.63. The first-order valence-electron chi connectivity index (χ1n) is 9.20. The minimum Gasteiger partial charge on any atom is -0.352 e. The number of amides is 1. The molecular weight excluding hydrogens is 346 g/mol. The lowest BCUT2D eigenvalue weighted by Gasteiger charge is -2.35. The van der Waals surface area contributed by atoms with Gasteiger partial charge in [-0.1, -0.05) is 0 Å². The van der Waals surface area contributed by atoms with Crippen molar-refractivity contribution in [1.82, 2.24) is 20.1 Å². The van der Waals surface area contributed by atoms with Gasteiger partial charge in [-0.05, 0) is 49.4 Å². The number of rotatable bonds is 4. The molecule has 2 aromatic heterocycles. The third kappa shape index (κ3) is 3.98. The lowest BCUT2D eigenvalue weighted by Crippen LogP contribution is -2.49. The fraction of sp³-hybridized carbons (Fsp3) is 0.474. The van der Waals surface area contributed by atoms with Gasteiger partial charge in [-0.3, -0.25) is 9.78 Å². The van der Waals surface area contributed by atoms with Gasteiger partial charge < -0.3 is 9.80 Å². The zero-order valence-corrected chi connectivity index (χ0v) is 15.6. The molecule has 1 saturated heterocycles. The Morgan fingerprint density at radius 3 is 2.62 bits per heavy atom. The minimum atomic E-state index is 0.197. The van der Waals surface area contributed by atoms with Gasteiger partial charge in [-0.15, -0.1) is 16.9 Å². The van der Waals surface area contributed by atoms with E-state index in [1.165, 1.54) is 24.1 Å². The molecule has 0 N–H and O–H groups in total. The smallest absolute Gasteiger partial charge is 0.233 e. The van der Waals surface area contributed by atoms with Gasteiger partial charge in [0.15, 0.2) is 5.82 Å². The van der Waals surface area contributed by atoms with Crippen molar-refractivity contribution in [2.24, 2.45) is 0 Å². The molecule has 0 saturated carbocycles. The predicted molar refractivity (Wildman–Crippen MR) is 102 cm³/mol. The first kappa shape index (κ1) is 17.3. The second-order valence-corrected chi connectivity index (χ2v) is 7.77. The zero-order valence-electron chi connectivity index (χ0n) is 14.8. The van der Waals surface area contributed by atoms with E-state index in [0.29, 0.717) is 5.75 Å². The van der Waals surface area contributed by atoms with Crippen molar-refractivity contribution >= 4 is 23.5 Å². The molecule has 7 heteroatoms. The number of anilines is 1. The standard InChI is InChI=1S/C19H23N5OS/c25-19(14-26-16-5-7-20-8-6-16)24-11-9-23(10-12-24)18-13-15-3-1-2-4-17(15)21-22-18/h5-8,13H,1-4,9-12,14H2. The van der Waals surface area contributed by atoms with E-state index >= 15 is 0 Å². The van der Waals surface area contributed by atoms with Gasteiger partial charge in [0.25, 0.3) is 0 Å². The van der Waals surface area contributed by atoms with Crippen molar-refractivity contribution in [3.05, 3.63) is 41.9 Å². The average Bonchev–Trinajstić information content (AvgIpc) is 2.72. The van der Waals surface area contributed by atoms with Crippen LogP contribution in [0.4, 0.5) is 5.82 Å². The van der Waals surface area contributed by atoms with E-state index in [4.69, 9.17) is 0 Å². The molecule has 2 aliphatic rings. The Kier molecular flexibility index (Phi) is 5.34. The molecule has 26 heavy (non-hydrogen) atoms. The van der Waals surface area contributed by atoms with E-state index in [1.54, 1.807) is 24.2 Å². The maximum Gasteiger partial charge on any atom is 0.233 e. The molecule has 1 aliphatic carbocycles. The number of thioether (sulfide) groups is 1. The number of nitrogens with zero attached hydrogens (tertiary/aromatic N) is 5. The highest BCUT2D eigenvalue weighted by Gasteiger charge is 2.23. The van der Waals surface area contributed by atoms with Crippen LogP contribution in [0.3, 0.4) is 0 Å². The molecule has 1 amide bonds. The number of pyridine rings is 1. The normalized spacial score (nSPS) is 17.1. The molecular formula is C19H23N5OS. The molecule has 1 aliphatic heterocycles. The number of aryl methyl sites for hydroxylation is 2. The molecule has 6 nitrogen and oxygen atoms in total. The first-order chi connectivity index (χ1) is 12.8. The number of aromatic nitrogens is 3. The molecule has 0 radical (unpaired) electrons. The fourth-order valence-electron chi connectivity index (χ4n) is 3.49. The van der Waals surface area contributed by atoms with E-state index in [9.17, 15) is 4.79 Å². The van der Waals surface area contributed by atoms with Crippen molar-refractivity contribution in [2.45, 2.75) is 30.6 Å². The zero-order chi connectivity index (χ0) is 17.8. The first-order valence-corrected chi connectivity index (χ1v) is 10.2. The van der Waals surface area contributed by atoms with Crippen LogP contribution in [-0.2, 0) is 17.6 Å². The quantitative estimate of drug-likeness (QED) is 0.770. The van der Waals surface area contributed by atoms with Crippen molar-refractivity contribution in [1.29, 1.82) is 0 Å². The molecule has 0 spiro atoms. The lowest BCUT2D eigenvalue weighted by atomic mass is 9.97. The van der Waals surface area contributed by atoms with E-state index < -0.39 is 0 Å². The molecule has 0 atom stereocenters. The highest BCUT2D eigenvalue weighted by molar-refractivity contribution is 8.00. The van der Waals surface area contributed by atoms with Crippen LogP contribution in [0.5, 0.6) is 0 Å². The third-order valence-corrected chi connectivity index (χ3v) is 6.02. The second-order valence-electron chi connectivity index (χ2n) is 6.72. The molecule has 0 aromatic carbocycles. The average molecular weight is 369 g/mol. The minimum absolute atomic E-state index is 0.197. The SMILES string of the molecule is O=C(CSc1ccncc1)N1CCN(c2cc3c(nn2)CCCC3)CC1. The van der Waals surface area contributed by atoms with Gasteiger partial charge in [0.05, 0.1) is 11.4 Å². The monoisotopic (exact) mass is 369 g/mol. The van der Waals surface area contributed by atoms with E-state index in [2.05, 4.69) is 26.1 Å². The summed E-state index contributed by atoms with van der Waals surface area (Å²) in [5.41, 5.74) is 2.52. The summed E-state index contributed by atoms with van der Waals surface area (Å²) in [6, 6.07) is 6.08. The summed E-state index contributed by atoms with van der Waals surface area (Å²) in [6.07, 6.45) is 8.15. The molecule has 0 unspecified atom stereocenters. The van der Waals surface area contributed by atoms with Crippen LogP contribution in [0.15, 0.2) is 35.5 Å². The Labute approximate surface area is 158 Å². The number of carbonyl (C=O) groups is 1. The van der Waals surface area contributed by atoms with E-state index in [1.807, 2.05) is 17.0 Å². The Bertz CT molecular complexity index is 762. The largest absolute Gasteiger partial charge is 0.352 e. The predicted octanol–water partition coefficient (Wildman–Crippen LogP) is 2.19. The number of carbonyl (C=O) groups excluding carboxylic acids is 1. The van der Waals surface area contributed by atoms with E-state index in [0.717, 1.165) is 49.7 Å². The van der Waals surface area contributed by atoms with Gasteiger partial charge in [0.1, 0.15) is 0 Å². The molecule has 2 aromatic rings. The summed E-state index contributed by atoms with van der Waals surface area (Å²) in [7, 11) is 0. The van der Waals surface area contributed by atoms with Crippen LogP contribution in [0.2, 0.25) is 0 Å². The van der Waals surface area contributed by atoms with Gasteiger partial charge in [-0.2, -0.15) is 5.10 Å². The lowest BCUT2D eigenvalue weighted by molar-refractivity contribution is -0.128. The number of fused-ring (bicyclic) bond motifs is 1. The molecule has 3 heterocycles. The molecule has 1 fully saturated rings. The third-order valence-electron chi connectivity index (χ3n) is 5.03. The van der Waals surface area contributed by atoms with Crippen molar-refractivity contribution in [2.75, 3.05) is 36.8 Å². The second kappa shape index (κ2) is 8.03. The topological polar surface area (TPSA) is 62.2 Å². The van der Waals surface area contributed by atoms with Gasteiger partial charge >= 0.3 is 0 Å². The van der Waals surface area contributed by atoms with E-state index in [-0.39, 0.29) is 5.91 Å². The highest BCUT2D eigenvalue weighted by Crippen LogP contribution is 2.23. The summed E-state index contributed by atoms with van der Waals surface area (Å²) in [5, 5.41) is 8.85. The van der Waals surface area contributed by atoms with Crippen LogP contribution in [0.1, 0.15) is 24.1 Å². The van der Waals surface area contributed by atoms with Crippen LogP contribution in [0.25, 0.3) is 0 Å². The molecule has 0 bridgehead atoms. The van der Waals surface area contributed by atoms with Crippen molar-refractivity contribution < 1.29 is 4.79 Å². The summed E-state index contributed by atoms with van der Waals surface area (Å²) < 4.78 is 0.